The molecule has 3 nitrogen and oxygen atoms in total. The van der Waals surface area contributed by atoms with Crippen molar-refractivity contribution in [2.75, 3.05) is 0 Å². The Labute approximate surface area is 106 Å². The fourth-order valence-corrected chi connectivity index (χ4v) is 2.56. The Bertz CT molecular complexity index is 660. The zero-order valence-corrected chi connectivity index (χ0v) is 11.1. The molecule has 0 spiro atoms. The Kier molecular flexibility index (Phi) is 2.06. The molecule has 3 rings (SSSR count). The topological polar surface area (TPSA) is 34.9 Å². The van der Waals surface area contributed by atoms with Crippen LogP contribution in [-0.2, 0) is 5.54 Å². The molecule has 1 heterocycles. The van der Waals surface area contributed by atoms with Crippen molar-refractivity contribution in [2.45, 2.75) is 33.2 Å². The minimum atomic E-state index is -0.129. The molecule has 0 saturated heterocycles. The van der Waals surface area contributed by atoms with Crippen molar-refractivity contribution in [3.8, 4) is 11.3 Å². The molecule has 1 aromatic heterocycles. The molecular formula is C15H16N2O. The minimum Gasteiger partial charge on any atom is -0.288 e. The van der Waals surface area contributed by atoms with Gasteiger partial charge in [-0.25, -0.2) is 0 Å². The summed E-state index contributed by atoms with van der Waals surface area (Å²) in [6, 6.07) is 7.77. The molecule has 1 aromatic carbocycles. The van der Waals surface area contributed by atoms with Gasteiger partial charge in [-0.2, -0.15) is 5.10 Å². The number of ketones is 1. The summed E-state index contributed by atoms with van der Waals surface area (Å²) in [5.74, 6) is 0.105. The lowest BCUT2D eigenvalue weighted by molar-refractivity contribution is 0.104. The molecule has 92 valence electrons. The average Bonchev–Trinajstić information content (AvgIpc) is 2.78. The first-order valence-corrected chi connectivity index (χ1v) is 6.15. The number of hydrogen-bond donors (Lipinski definition) is 0. The maximum Gasteiger partial charge on any atom is 0.197 e. The molecule has 0 fully saturated rings. The quantitative estimate of drug-likeness (QED) is 0.605. The van der Waals surface area contributed by atoms with Crippen molar-refractivity contribution < 1.29 is 4.79 Å². The SMILES string of the molecule is Cc1nn(C(C)(C)C)c2c1C(=O)c1ccccc1-2. The zero-order valence-electron chi connectivity index (χ0n) is 11.1. The largest absolute Gasteiger partial charge is 0.288 e. The maximum absolute atomic E-state index is 12.4. The van der Waals surface area contributed by atoms with Crippen LogP contribution >= 0.6 is 0 Å². The second-order valence-corrected chi connectivity index (χ2v) is 5.77. The number of rotatable bonds is 0. The van der Waals surface area contributed by atoms with Crippen LogP contribution in [0.25, 0.3) is 11.3 Å². The molecule has 0 unspecified atom stereocenters. The van der Waals surface area contributed by atoms with E-state index in [-0.39, 0.29) is 11.3 Å². The first kappa shape index (κ1) is 11.2. The Morgan fingerprint density at radius 2 is 1.72 bits per heavy atom. The van der Waals surface area contributed by atoms with Gasteiger partial charge in [0, 0.05) is 11.1 Å². The maximum atomic E-state index is 12.4. The Morgan fingerprint density at radius 1 is 1.11 bits per heavy atom. The number of fused-ring (bicyclic) bond motifs is 3. The van der Waals surface area contributed by atoms with Crippen LogP contribution in [0.5, 0.6) is 0 Å². The Morgan fingerprint density at radius 3 is 2.33 bits per heavy atom. The van der Waals surface area contributed by atoms with E-state index in [9.17, 15) is 4.79 Å². The van der Waals surface area contributed by atoms with Crippen LogP contribution in [0.15, 0.2) is 24.3 Å². The fourth-order valence-electron chi connectivity index (χ4n) is 2.56. The number of benzene rings is 1. The predicted octanol–water partition coefficient (Wildman–Crippen LogP) is 3.16. The summed E-state index contributed by atoms with van der Waals surface area (Å²) in [6.07, 6.45) is 0. The minimum absolute atomic E-state index is 0.105. The van der Waals surface area contributed by atoms with E-state index in [0.717, 1.165) is 28.1 Å². The van der Waals surface area contributed by atoms with Gasteiger partial charge in [0.2, 0.25) is 0 Å². The molecule has 1 aliphatic rings. The van der Waals surface area contributed by atoms with Crippen LogP contribution in [-0.4, -0.2) is 15.6 Å². The van der Waals surface area contributed by atoms with E-state index >= 15 is 0 Å². The highest BCUT2D eigenvalue weighted by atomic mass is 16.1. The van der Waals surface area contributed by atoms with Crippen LogP contribution in [0.2, 0.25) is 0 Å². The summed E-state index contributed by atoms with van der Waals surface area (Å²) in [5, 5.41) is 4.55. The van der Waals surface area contributed by atoms with E-state index < -0.39 is 0 Å². The average molecular weight is 240 g/mol. The lowest BCUT2D eigenvalue weighted by atomic mass is 10.1. The molecular weight excluding hydrogens is 224 g/mol. The standard InChI is InChI=1S/C15H16N2O/c1-9-12-13(17(16-9)15(2,3)4)10-7-5-6-8-11(10)14(12)18/h5-8H,1-4H3. The summed E-state index contributed by atoms with van der Waals surface area (Å²) >= 11 is 0. The molecule has 2 aromatic rings. The number of nitrogens with zero attached hydrogens (tertiary/aromatic N) is 2. The van der Waals surface area contributed by atoms with Gasteiger partial charge in [-0.1, -0.05) is 24.3 Å². The number of aryl methyl sites for hydroxylation is 1. The molecule has 0 radical (unpaired) electrons. The van der Waals surface area contributed by atoms with Crippen LogP contribution in [0, 0.1) is 6.92 Å². The van der Waals surface area contributed by atoms with Crippen molar-refractivity contribution in [3.05, 3.63) is 41.1 Å². The zero-order chi connectivity index (χ0) is 13.1. The van der Waals surface area contributed by atoms with Crippen LogP contribution in [0.1, 0.15) is 42.4 Å². The van der Waals surface area contributed by atoms with Crippen molar-refractivity contribution in [3.63, 3.8) is 0 Å². The van der Waals surface area contributed by atoms with Gasteiger partial charge in [-0.3, -0.25) is 9.48 Å². The monoisotopic (exact) mass is 240 g/mol. The lowest BCUT2D eigenvalue weighted by Gasteiger charge is -2.22. The van der Waals surface area contributed by atoms with Crippen LogP contribution < -0.4 is 0 Å². The lowest BCUT2D eigenvalue weighted by Crippen LogP contribution is -2.24. The predicted molar refractivity (Wildman–Crippen MR) is 70.8 cm³/mol. The molecule has 18 heavy (non-hydrogen) atoms. The molecule has 0 bridgehead atoms. The molecule has 1 aliphatic carbocycles. The number of carbonyl (C=O) groups is 1. The van der Waals surface area contributed by atoms with E-state index in [1.165, 1.54) is 0 Å². The summed E-state index contributed by atoms with van der Waals surface area (Å²) in [4.78, 5) is 12.4. The smallest absolute Gasteiger partial charge is 0.197 e. The Balaban J connectivity index is 2.39. The highest BCUT2D eigenvalue weighted by Crippen LogP contribution is 2.40. The van der Waals surface area contributed by atoms with E-state index in [1.807, 2.05) is 35.9 Å². The van der Waals surface area contributed by atoms with Gasteiger partial charge >= 0.3 is 0 Å². The van der Waals surface area contributed by atoms with Crippen molar-refractivity contribution >= 4 is 5.78 Å². The molecule has 3 heteroatoms. The van der Waals surface area contributed by atoms with E-state index in [4.69, 9.17) is 0 Å². The van der Waals surface area contributed by atoms with Crippen LogP contribution in [0.3, 0.4) is 0 Å². The number of hydrogen-bond acceptors (Lipinski definition) is 2. The number of carbonyl (C=O) groups excluding carboxylic acids is 1. The molecule has 0 saturated carbocycles. The molecule has 0 N–H and O–H groups in total. The van der Waals surface area contributed by atoms with E-state index in [2.05, 4.69) is 25.9 Å². The van der Waals surface area contributed by atoms with Crippen molar-refractivity contribution in [1.82, 2.24) is 9.78 Å². The van der Waals surface area contributed by atoms with Gasteiger partial charge in [-0.05, 0) is 27.7 Å². The van der Waals surface area contributed by atoms with Gasteiger partial charge in [0.1, 0.15) is 0 Å². The van der Waals surface area contributed by atoms with Gasteiger partial charge in [0.15, 0.2) is 5.78 Å². The van der Waals surface area contributed by atoms with E-state index in [0.29, 0.717) is 0 Å². The highest BCUT2D eigenvalue weighted by Gasteiger charge is 2.35. The van der Waals surface area contributed by atoms with Gasteiger partial charge in [0.25, 0.3) is 0 Å². The first-order valence-electron chi connectivity index (χ1n) is 6.15. The molecule has 0 amide bonds. The highest BCUT2D eigenvalue weighted by molar-refractivity contribution is 6.21. The van der Waals surface area contributed by atoms with Crippen molar-refractivity contribution in [2.24, 2.45) is 0 Å². The summed E-state index contributed by atoms with van der Waals surface area (Å²) in [7, 11) is 0. The van der Waals surface area contributed by atoms with Gasteiger partial charge < -0.3 is 0 Å². The second kappa shape index (κ2) is 3.31. The third kappa shape index (κ3) is 1.30. The van der Waals surface area contributed by atoms with Gasteiger partial charge in [0.05, 0.1) is 22.5 Å². The third-order valence-corrected chi connectivity index (χ3v) is 3.35. The van der Waals surface area contributed by atoms with Crippen LogP contribution in [0.4, 0.5) is 0 Å². The molecule has 0 atom stereocenters. The van der Waals surface area contributed by atoms with Crippen molar-refractivity contribution in [1.29, 1.82) is 0 Å². The summed E-state index contributed by atoms with van der Waals surface area (Å²) < 4.78 is 1.97. The summed E-state index contributed by atoms with van der Waals surface area (Å²) in [6.45, 7) is 8.21. The Hall–Kier alpha value is -1.90. The first-order chi connectivity index (χ1) is 8.41. The summed E-state index contributed by atoms with van der Waals surface area (Å²) in [5.41, 5.74) is 4.24. The van der Waals surface area contributed by atoms with Gasteiger partial charge in [-0.15, -0.1) is 0 Å². The fraction of sp³-hybridized carbons (Fsp3) is 0.333. The van der Waals surface area contributed by atoms with E-state index in [1.54, 1.807) is 0 Å². The normalized spacial score (nSPS) is 13.7. The third-order valence-electron chi connectivity index (χ3n) is 3.35. The molecule has 0 aliphatic heterocycles. The number of aromatic nitrogens is 2. The second-order valence-electron chi connectivity index (χ2n) is 5.77.